The molecule has 0 saturated carbocycles. The Bertz CT molecular complexity index is 632. The van der Waals surface area contributed by atoms with Gasteiger partial charge < -0.3 is 15.8 Å². The van der Waals surface area contributed by atoms with Crippen LogP contribution in [0.5, 0.6) is 5.88 Å². The molecular weight excluding hydrogens is 302 g/mol. The summed E-state index contributed by atoms with van der Waals surface area (Å²) in [4.78, 5) is 16.2. The first-order valence-electron chi connectivity index (χ1n) is 6.88. The van der Waals surface area contributed by atoms with E-state index in [9.17, 15) is 4.79 Å². The smallest absolute Gasteiger partial charge is 0.244 e. The zero-order valence-corrected chi connectivity index (χ0v) is 13.0. The van der Waals surface area contributed by atoms with Crippen molar-refractivity contribution in [2.45, 2.75) is 12.5 Å². The summed E-state index contributed by atoms with van der Waals surface area (Å²) in [6.07, 6.45) is 1.59. The van der Waals surface area contributed by atoms with E-state index in [4.69, 9.17) is 22.1 Å². The number of nitrogens with zero attached hydrogens (tertiary/aromatic N) is 1. The van der Waals surface area contributed by atoms with Crippen molar-refractivity contribution in [2.24, 2.45) is 5.73 Å². The van der Waals surface area contributed by atoms with Gasteiger partial charge in [-0.2, -0.15) is 0 Å². The monoisotopic (exact) mass is 319 g/mol. The Morgan fingerprint density at radius 3 is 2.73 bits per heavy atom. The molecule has 6 heteroatoms. The first-order chi connectivity index (χ1) is 10.5. The third kappa shape index (κ3) is 3.96. The van der Waals surface area contributed by atoms with Gasteiger partial charge in [-0.1, -0.05) is 41.9 Å². The number of carbonyl (C=O) groups excluding carboxylic acids is 1. The summed E-state index contributed by atoms with van der Waals surface area (Å²) in [6, 6.07) is 12.6. The summed E-state index contributed by atoms with van der Waals surface area (Å²) < 4.78 is 5.41. The molecule has 0 aliphatic heterocycles. The molecule has 2 aromatic rings. The highest BCUT2D eigenvalue weighted by atomic mass is 35.5. The fourth-order valence-electron chi connectivity index (χ4n) is 1.89. The number of benzene rings is 1. The topological polar surface area (TPSA) is 77.2 Å². The second-order valence-corrected chi connectivity index (χ2v) is 5.37. The third-order valence-electron chi connectivity index (χ3n) is 3.20. The molecule has 0 saturated heterocycles. The summed E-state index contributed by atoms with van der Waals surface area (Å²) in [5.41, 5.74) is 5.77. The molecule has 1 heterocycles. The van der Waals surface area contributed by atoms with Crippen LogP contribution in [-0.2, 0) is 10.3 Å². The Morgan fingerprint density at radius 2 is 2.05 bits per heavy atom. The Kier molecular flexibility index (Phi) is 5.35. The number of hydrogen-bond acceptors (Lipinski definition) is 4. The molecule has 3 N–H and O–H groups in total. The molecule has 116 valence electrons. The van der Waals surface area contributed by atoms with Gasteiger partial charge in [0.25, 0.3) is 0 Å². The van der Waals surface area contributed by atoms with E-state index in [2.05, 4.69) is 10.3 Å². The van der Waals surface area contributed by atoms with E-state index >= 15 is 0 Å². The van der Waals surface area contributed by atoms with Crippen molar-refractivity contribution in [1.29, 1.82) is 0 Å². The standard InChI is InChI=1S/C16H18ClN3O2/c1-16(18,12-6-3-2-4-7-12)15(21)20-10-11-22-14-13(17)8-5-9-19-14/h2-9H,10-11,18H2,1H3,(H,20,21). The molecule has 0 aliphatic carbocycles. The number of amides is 1. The molecule has 0 fully saturated rings. The minimum atomic E-state index is -1.09. The van der Waals surface area contributed by atoms with Crippen molar-refractivity contribution in [3.63, 3.8) is 0 Å². The number of rotatable bonds is 6. The van der Waals surface area contributed by atoms with Gasteiger partial charge in [-0.25, -0.2) is 4.98 Å². The molecule has 22 heavy (non-hydrogen) atoms. The minimum absolute atomic E-state index is 0.257. The predicted octanol–water partition coefficient (Wildman–Crippen LogP) is 2.10. The van der Waals surface area contributed by atoms with Crippen molar-refractivity contribution >= 4 is 17.5 Å². The van der Waals surface area contributed by atoms with E-state index in [1.807, 2.05) is 30.3 Å². The van der Waals surface area contributed by atoms with Gasteiger partial charge in [-0.15, -0.1) is 0 Å². The molecule has 1 unspecified atom stereocenters. The van der Waals surface area contributed by atoms with Crippen LogP contribution < -0.4 is 15.8 Å². The van der Waals surface area contributed by atoms with E-state index in [0.29, 0.717) is 17.4 Å². The Labute approximate surface area is 134 Å². The number of nitrogens with two attached hydrogens (primary N) is 1. The SMILES string of the molecule is CC(N)(C(=O)NCCOc1ncccc1Cl)c1ccccc1. The van der Waals surface area contributed by atoms with Crippen LogP contribution in [0.2, 0.25) is 5.02 Å². The largest absolute Gasteiger partial charge is 0.475 e. The Balaban J connectivity index is 1.84. The van der Waals surface area contributed by atoms with Crippen LogP contribution in [0.15, 0.2) is 48.7 Å². The first kappa shape index (κ1) is 16.3. The third-order valence-corrected chi connectivity index (χ3v) is 3.48. The zero-order valence-electron chi connectivity index (χ0n) is 12.3. The predicted molar refractivity (Wildman–Crippen MR) is 85.7 cm³/mol. The maximum atomic E-state index is 12.2. The van der Waals surface area contributed by atoms with Crippen LogP contribution in [0.4, 0.5) is 0 Å². The average Bonchev–Trinajstić information content (AvgIpc) is 2.53. The van der Waals surface area contributed by atoms with Gasteiger partial charge in [0.2, 0.25) is 11.8 Å². The normalized spacial score (nSPS) is 13.2. The van der Waals surface area contributed by atoms with Gasteiger partial charge in [-0.05, 0) is 24.6 Å². The quantitative estimate of drug-likeness (QED) is 0.799. The van der Waals surface area contributed by atoms with E-state index in [0.717, 1.165) is 5.56 Å². The van der Waals surface area contributed by atoms with Crippen LogP contribution in [-0.4, -0.2) is 24.0 Å². The lowest BCUT2D eigenvalue weighted by Crippen LogP contribution is -2.49. The number of nitrogens with one attached hydrogen (secondary N) is 1. The van der Waals surface area contributed by atoms with Gasteiger partial charge in [0.15, 0.2) is 0 Å². The van der Waals surface area contributed by atoms with Crippen LogP contribution in [0.25, 0.3) is 0 Å². The van der Waals surface area contributed by atoms with Gasteiger partial charge in [0.05, 0.1) is 6.54 Å². The molecule has 2 rings (SSSR count). The van der Waals surface area contributed by atoms with Crippen LogP contribution in [0.1, 0.15) is 12.5 Å². The lowest BCUT2D eigenvalue weighted by atomic mass is 9.92. The Morgan fingerprint density at radius 1 is 1.32 bits per heavy atom. The highest BCUT2D eigenvalue weighted by Crippen LogP contribution is 2.20. The molecule has 0 aliphatic rings. The summed E-state index contributed by atoms with van der Waals surface area (Å²) in [6.45, 7) is 2.24. The zero-order chi connectivity index (χ0) is 16.0. The molecule has 1 amide bonds. The van der Waals surface area contributed by atoms with Gasteiger partial charge >= 0.3 is 0 Å². The van der Waals surface area contributed by atoms with Crippen LogP contribution in [0, 0.1) is 0 Å². The fourth-order valence-corrected chi connectivity index (χ4v) is 2.06. The lowest BCUT2D eigenvalue weighted by molar-refractivity contribution is -0.126. The molecule has 5 nitrogen and oxygen atoms in total. The first-order valence-corrected chi connectivity index (χ1v) is 7.25. The fraction of sp³-hybridized carbons (Fsp3) is 0.250. The van der Waals surface area contributed by atoms with Gasteiger partial charge in [0.1, 0.15) is 17.2 Å². The average molecular weight is 320 g/mol. The van der Waals surface area contributed by atoms with Crippen molar-refractivity contribution in [3.8, 4) is 5.88 Å². The number of aromatic nitrogens is 1. The van der Waals surface area contributed by atoms with E-state index < -0.39 is 5.54 Å². The van der Waals surface area contributed by atoms with Crippen molar-refractivity contribution < 1.29 is 9.53 Å². The minimum Gasteiger partial charge on any atom is -0.475 e. The highest BCUT2D eigenvalue weighted by Gasteiger charge is 2.29. The van der Waals surface area contributed by atoms with E-state index in [1.54, 1.807) is 25.3 Å². The second kappa shape index (κ2) is 7.24. The summed E-state index contributed by atoms with van der Waals surface area (Å²) in [5, 5.41) is 3.18. The number of ether oxygens (including phenoxy) is 1. The number of carbonyl (C=O) groups is 1. The number of halogens is 1. The molecule has 0 spiro atoms. The maximum absolute atomic E-state index is 12.2. The lowest BCUT2D eigenvalue weighted by Gasteiger charge is -2.24. The Hall–Kier alpha value is -2.11. The van der Waals surface area contributed by atoms with Crippen LogP contribution in [0.3, 0.4) is 0 Å². The van der Waals surface area contributed by atoms with Gasteiger partial charge in [0, 0.05) is 6.20 Å². The van der Waals surface area contributed by atoms with Crippen molar-refractivity contribution in [2.75, 3.05) is 13.2 Å². The molecule has 0 bridgehead atoms. The van der Waals surface area contributed by atoms with Crippen molar-refractivity contribution in [1.82, 2.24) is 10.3 Å². The molecule has 0 radical (unpaired) electrons. The number of pyridine rings is 1. The molecule has 1 aromatic heterocycles. The van der Waals surface area contributed by atoms with Crippen LogP contribution >= 0.6 is 11.6 Å². The summed E-state index contributed by atoms with van der Waals surface area (Å²) >= 11 is 5.92. The highest BCUT2D eigenvalue weighted by molar-refractivity contribution is 6.31. The molecular formula is C16H18ClN3O2. The summed E-state index contributed by atoms with van der Waals surface area (Å²) in [7, 11) is 0. The van der Waals surface area contributed by atoms with E-state index in [1.165, 1.54) is 0 Å². The molecule has 1 atom stereocenters. The van der Waals surface area contributed by atoms with Crippen molar-refractivity contribution in [3.05, 3.63) is 59.2 Å². The molecule has 1 aromatic carbocycles. The summed E-state index contributed by atoms with van der Waals surface area (Å²) in [5.74, 6) is 0.0754. The second-order valence-electron chi connectivity index (χ2n) is 4.96. The van der Waals surface area contributed by atoms with Gasteiger partial charge in [-0.3, -0.25) is 4.79 Å². The maximum Gasteiger partial charge on any atom is 0.244 e. The number of hydrogen-bond donors (Lipinski definition) is 2. The van der Waals surface area contributed by atoms with E-state index in [-0.39, 0.29) is 12.5 Å².